The number of halogens is 6. The van der Waals surface area contributed by atoms with Crippen LogP contribution < -0.4 is 5.73 Å². The third kappa shape index (κ3) is 4.41. The minimum Gasteiger partial charge on any atom is -0.327 e. The fourth-order valence-corrected chi connectivity index (χ4v) is 1.79. The quantitative estimate of drug-likeness (QED) is 0.844. The van der Waals surface area contributed by atoms with Gasteiger partial charge in [0.25, 0.3) is 0 Å². The van der Waals surface area contributed by atoms with Gasteiger partial charge in [0, 0.05) is 6.04 Å². The van der Waals surface area contributed by atoms with Crippen molar-refractivity contribution in [2.75, 3.05) is 0 Å². The zero-order chi connectivity index (χ0) is 14.8. The van der Waals surface area contributed by atoms with Crippen LogP contribution in [0.1, 0.15) is 11.1 Å². The van der Waals surface area contributed by atoms with Gasteiger partial charge in [-0.25, -0.2) is 0 Å². The standard InChI is InChI=1S/C12H13F6N/c1-7-2-4-8(5-3-7)6-9(19)10(11(13,14)15)12(16,17)18/h2-5,9-10H,6,19H2,1H3. The van der Waals surface area contributed by atoms with Crippen LogP contribution in [0.4, 0.5) is 26.3 Å². The van der Waals surface area contributed by atoms with Crippen molar-refractivity contribution in [3.8, 4) is 0 Å². The Balaban J connectivity index is 2.89. The SMILES string of the molecule is Cc1ccc(CC(N)C(C(F)(F)F)C(F)(F)F)cc1. The summed E-state index contributed by atoms with van der Waals surface area (Å²) >= 11 is 0. The van der Waals surface area contributed by atoms with Crippen molar-refractivity contribution in [2.24, 2.45) is 11.7 Å². The normalized spacial score (nSPS) is 14.8. The molecule has 0 heterocycles. The molecule has 0 amide bonds. The van der Waals surface area contributed by atoms with Crippen LogP contribution in [0.25, 0.3) is 0 Å². The van der Waals surface area contributed by atoms with Crippen molar-refractivity contribution in [2.45, 2.75) is 31.7 Å². The van der Waals surface area contributed by atoms with Gasteiger partial charge in [0.15, 0.2) is 5.92 Å². The van der Waals surface area contributed by atoms with E-state index in [1.807, 2.05) is 0 Å². The van der Waals surface area contributed by atoms with E-state index in [4.69, 9.17) is 5.73 Å². The molecular formula is C12H13F6N. The highest BCUT2D eigenvalue weighted by Gasteiger charge is 2.59. The number of hydrogen-bond acceptors (Lipinski definition) is 1. The third-order valence-electron chi connectivity index (χ3n) is 2.73. The lowest BCUT2D eigenvalue weighted by Gasteiger charge is -2.28. The molecule has 1 unspecified atom stereocenters. The zero-order valence-electron chi connectivity index (χ0n) is 10.0. The molecule has 1 rings (SSSR count). The molecule has 1 aromatic carbocycles. The molecule has 1 nitrogen and oxygen atoms in total. The summed E-state index contributed by atoms with van der Waals surface area (Å²) in [4.78, 5) is 0. The van der Waals surface area contributed by atoms with Crippen LogP contribution in [0.2, 0.25) is 0 Å². The molecule has 7 heteroatoms. The summed E-state index contributed by atoms with van der Waals surface area (Å²) in [6.45, 7) is 1.76. The minimum atomic E-state index is -5.40. The fraction of sp³-hybridized carbons (Fsp3) is 0.500. The molecule has 0 fully saturated rings. The largest absolute Gasteiger partial charge is 0.402 e. The Labute approximate surface area is 106 Å². The summed E-state index contributed by atoms with van der Waals surface area (Å²) in [6, 6.07) is 4.11. The molecular weight excluding hydrogens is 272 g/mol. The van der Waals surface area contributed by atoms with E-state index in [0.29, 0.717) is 5.56 Å². The zero-order valence-corrected chi connectivity index (χ0v) is 10.0. The molecule has 0 radical (unpaired) electrons. The average Bonchev–Trinajstić information content (AvgIpc) is 2.16. The van der Waals surface area contributed by atoms with Crippen molar-refractivity contribution in [3.05, 3.63) is 35.4 Å². The van der Waals surface area contributed by atoms with E-state index in [-0.39, 0.29) is 0 Å². The highest BCUT2D eigenvalue weighted by molar-refractivity contribution is 5.22. The number of nitrogens with two attached hydrogens (primary N) is 1. The predicted octanol–water partition coefficient (Wildman–Crippen LogP) is 3.61. The maximum atomic E-state index is 12.4. The van der Waals surface area contributed by atoms with Gasteiger partial charge < -0.3 is 5.73 Å². The molecule has 108 valence electrons. The fourth-order valence-electron chi connectivity index (χ4n) is 1.79. The Morgan fingerprint density at radius 1 is 0.947 bits per heavy atom. The number of alkyl halides is 6. The Morgan fingerprint density at radius 2 is 1.37 bits per heavy atom. The monoisotopic (exact) mass is 285 g/mol. The topological polar surface area (TPSA) is 26.0 Å². The highest BCUT2D eigenvalue weighted by Crippen LogP contribution is 2.41. The average molecular weight is 285 g/mol. The van der Waals surface area contributed by atoms with Gasteiger partial charge in [0.1, 0.15) is 0 Å². The molecule has 19 heavy (non-hydrogen) atoms. The maximum Gasteiger partial charge on any atom is 0.402 e. The maximum absolute atomic E-state index is 12.4. The summed E-state index contributed by atoms with van der Waals surface area (Å²) in [6.07, 6.45) is -11.3. The van der Waals surface area contributed by atoms with Crippen LogP contribution in [0.3, 0.4) is 0 Å². The lowest BCUT2D eigenvalue weighted by atomic mass is 9.93. The van der Waals surface area contributed by atoms with Gasteiger partial charge in [-0.15, -0.1) is 0 Å². The van der Waals surface area contributed by atoms with E-state index in [9.17, 15) is 26.3 Å². The number of rotatable bonds is 3. The molecule has 0 saturated carbocycles. The van der Waals surface area contributed by atoms with Crippen LogP contribution in [0, 0.1) is 12.8 Å². The first kappa shape index (κ1) is 15.8. The van der Waals surface area contributed by atoms with E-state index in [1.165, 1.54) is 12.1 Å². The summed E-state index contributed by atoms with van der Waals surface area (Å²) in [5, 5.41) is 0. The molecule has 0 aliphatic heterocycles. The van der Waals surface area contributed by atoms with Crippen molar-refractivity contribution in [1.82, 2.24) is 0 Å². The first-order valence-electron chi connectivity index (χ1n) is 5.46. The predicted molar refractivity (Wildman–Crippen MR) is 58.5 cm³/mol. The van der Waals surface area contributed by atoms with Crippen molar-refractivity contribution >= 4 is 0 Å². The van der Waals surface area contributed by atoms with Gasteiger partial charge >= 0.3 is 12.4 Å². The molecule has 0 aliphatic rings. The second-order valence-corrected chi connectivity index (χ2v) is 4.41. The van der Waals surface area contributed by atoms with Crippen molar-refractivity contribution in [1.29, 1.82) is 0 Å². The second-order valence-electron chi connectivity index (χ2n) is 4.41. The molecule has 1 atom stereocenters. The summed E-state index contributed by atoms with van der Waals surface area (Å²) in [5.41, 5.74) is 6.33. The lowest BCUT2D eigenvalue weighted by molar-refractivity contribution is -0.289. The Bertz CT molecular complexity index is 392. The molecule has 0 aromatic heterocycles. The summed E-state index contributed by atoms with van der Waals surface area (Å²) in [5.74, 6) is -3.51. The lowest BCUT2D eigenvalue weighted by Crippen LogP contribution is -2.49. The van der Waals surface area contributed by atoms with Crippen LogP contribution in [-0.2, 0) is 6.42 Å². The van der Waals surface area contributed by atoms with Crippen molar-refractivity contribution < 1.29 is 26.3 Å². The molecule has 0 spiro atoms. The van der Waals surface area contributed by atoms with Gasteiger partial charge in [0.05, 0.1) is 0 Å². The van der Waals surface area contributed by atoms with E-state index >= 15 is 0 Å². The van der Waals surface area contributed by atoms with Crippen LogP contribution >= 0.6 is 0 Å². The Kier molecular flexibility index (Phi) is 4.50. The summed E-state index contributed by atoms with van der Waals surface area (Å²) < 4.78 is 74.6. The van der Waals surface area contributed by atoms with Crippen LogP contribution in [0.15, 0.2) is 24.3 Å². The van der Waals surface area contributed by atoms with Crippen LogP contribution in [-0.4, -0.2) is 18.4 Å². The molecule has 0 aliphatic carbocycles. The van der Waals surface area contributed by atoms with E-state index in [2.05, 4.69) is 0 Å². The van der Waals surface area contributed by atoms with Crippen molar-refractivity contribution in [3.63, 3.8) is 0 Å². The Hall–Kier alpha value is -1.24. The van der Waals surface area contributed by atoms with Crippen LogP contribution in [0.5, 0.6) is 0 Å². The number of aryl methyl sites for hydroxylation is 1. The van der Waals surface area contributed by atoms with Gasteiger partial charge in [-0.2, -0.15) is 26.3 Å². The van der Waals surface area contributed by atoms with Gasteiger partial charge in [-0.05, 0) is 18.9 Å². The number of benzene rings is 1. The molecule has 2 N–H and O–H groups in total. The number of hydrogen-bond donors (Lipinski definition) is 1. The minimum absolute atomic E-state index is 0.344. The second kappa shape index (κ2) is 5.40. The van der Waals surface area contributed by atoms with E-state index in [0.717, 1.165) is 5.56 Å². The van der Waals surface area contributed by atoms with E-state index < -0.39 is 30.7 Å². The molecule has 1 aromatic rings. The van der Waals surface area contributed by atoms with Gasteiger partial charge in [-0.3, -0.25) is 0 Å². The summed E-state index contributed by atoms with van der Waals surface area (Å²) in [7, 11) is 0. The van der Waals surface area contributed by atoms with Gasteiger partial charge in [0.2, 0.25) is 0 Å². The smallest absolute Gasteiger partial charge is 0.327 e. The molecule has 0 saturated heterocycles. The highest BCUT2D eigenvalue weighted by atomic mass is 19.4. The molecule has 0 bridgehead atoms. The Morgan fingerprint density at radius 3 is 1.74 bits per heavy atom. The first-order valence-corrected chi connectivity index (χ1v) is 5.46. The third-order valence-corrected chi connectivity index (χ3v) is 2.73. The van der Waals surface area contributed by atoms with E-state index in [1.54, 1.807) is 19.1 Å². The first-order chi connectivity index (χ1) is 8.51. The van der Waals surface area contributed by atoms with Gasteiger partial charge in [-0.1, -0.05) is 29.8 Å².